The third-order valence-corrected chi connectivity index (χ3v) is 5.23. The van der Waals surface area contributed by atoms with Crippen LogP contribution < -0.4 is 4.90 Å². The largest absolute Gasteiger partial charge is 0.281 e. The number of amides is 1. The third-order valence-electron chi connectivity index (χ3n) is 4.26. The van der Waals surface area contributed by atoms with Gasteiger partial charge in [0.1, 0.15) is 11.1 Å². The summed E-state index contributed by atoms with van der Waals surface area (Å²) in [6.07, 6.45) is 0.341. The summed E-state index contributed by atoms with van der Waals surface area (Å²) in [4.78, 5) is 19.3. The molecule has 1 amide bonds. The van der Waals surface area contributed by atoms with Crippen LogP contribution in [0.3, 0.4) is 0 Å². The zero-order chi connectivity index (χ0) is 19.9. The molecule has 1 aromatic heterocycles. The van der Waals surface area contributed by atoms with E-state index in [0.717, 1.165) is 22.6 Å². The van der Waals surface area contributed by atoms with Crippen molar-refractivity contribution >= 4 is 29.0 Å². The van der Waals surface area contributed by atoms with Gasteiger partial charge >= 0.3 is 0 Å². The molecule has 0 unspecified atom stereocenters. The van der Waals surface area contributed by atoms with E-state index in [-0.39, 0.29) is 5.91 Å². The van der Waals surface area contributed by atoms with Crippen molar-refractivity contribution in [3.63, 3.8) is 0 Å². The Morgan fingerprint density at radius 3 is 2.14 bits per heavy atom. The van der Waals surface area contributed by atoms with E-state index in [1.54, 1.807) is 4.90 Å². The molecule has 0 fully saturated rings. The summed E-state index contributed by atoms with van der Waals surface area (Å²) in [5.74, 6) is 0.562. The number of nitrogens with zero attached hydrogens (tertiary/aromatic N) is 3. The summed E-state index contributed by atoms with van der Waals surface area (Å²) in [6, 6.07) is 23.4. The minimum Gasteiger partial charge on any atom is -0.281 e. The number of aryl methyl sites for hydroxylation is 2. The average Bonchev–Trinajstić information content (AvgIpc) is 2.69. The van der Waals surface area contributed by atoms with Crippen LogP contribution in [-0.4, -0.2) is 16.6 Å². The summed E-state index contributed by atoms with van der Waals surface area (Å²) in [5, 5.41) is 10.1. The average molecular weight is 388 g/mol. The van der Waals surface area contributed by atoms with E-state index in [9.17, 15) is 10.1 Å². The number of hydrogen-bond acceptors (Lipinski definition) is 4. The van der Waals surface area contributed by atoms with Crippen LogP contribution in [0.5, 0.6) is 0 Å². The Balaban J connectivity index is 1.76. The van der Waals surface area contributed by atoms with Crippen molar-refractivity contribution in [1.29, 1.82) is 5.26 Å². The van der Waals surface area contributed by atoms with Crippen LogP contribution in [0.2, 0.25) is 0 Å². The van der Waals surface area contributed by atoms with E-state index in [0.29, 0.717) is 22.8 Å². The van der Waals surface area contributed by atoms with E-state index in [2.05, 4.69) is 11.1 Å². The second-order valence-corrected chi connectivity index (χ2v) is 7.45. The van der Waals surface area contributed by atoms with Gasteiger partial charge in [0.25, 0.3) is 0 Å². The van der Waals surface area contributed by atoms with Gasteiger partial charge in [-0.25, -0.2) is 4.98 Å². The van der Waals surface area contributed by atoms with Crippen LogP contribution in [0.25, 0.3) is 0 Å². The third kappa shape index (κ3) is 4.59. The molecular weight excluding hydrogens is 366 g/mol. The van der Waals surface area contributed by atoms with Crippen molar-refractivity contribution in [2.75, 3.05) is 10.7 Å². The summed E-state index contributed by atoms with van der Waals surface area (Å²) in [6.45, 7) is 3.82. The highest BCUT2D eigenvalue weighted by molar-refractivity contribution is 7.99. The minimum atomic E-state index is 0.00721. The Morgan fingerprint density at radius 2 is 1.61 bits per heavy atom. The summed E-state index contributed by atoms with van der Waals surface area (Å²) in [5.41, 5.74) is 4.06. The van der Waals surface area contributed by atoms with E-state index in [4.69, 9.17) is 0 Å². The molecule has 0 radical (unpaired) electrons. The van der Waals surface area contributed by atoms with Crippen molar-refractivity contribution < 1.29 is 4.79 Å². The number of rotatable bonds is 6. The van der Waals surface area contributed by atoms with Crippen LogP contribution in [0.1, 0.15) is 23.2 Å². The molecule has 3 aromatic rings. The van der Waals surface area contributed by atoms with Crippen molar-refractivity contribution in [3.8, 4) is 6.07 Å². The highest BCUT2D eigenvalue weighted by Crippen LogP contribution is 2.28. The van der Waals surface area contributed by atoms with Crippen molar-refractivity contribution in [3.05, 3.63) is 83.6 Å². The lowest BCUT2D eigenvalue weighted by atomic mass is 10.1. The quantitative estimate of drug-likeness (QED) is 0.530. The maximum absolute atomic E-state index is 13.0. The van der Waals surface area contributed by atoms with Gasteiger partial charge in [-0.15, -0.1) is 11.8 Å². The van der Waals surface area contributed by atoms with E-state index >= 15 is 0 Å². The zero-order valence-corrected chi connectivity index (χ0v) is 16.7. The lowest BCUT2D eigenvalue weighted by Gasteiger charge is -2.23. The molecule has 0 aliphatic heterocycles. The van der Waals surface area contributed by atoms with Crippen molar-refractivity contribution in [2.45, 2.75) is 25.3 Å². The lowest BCUT2D eigenvalue weighted by molar-refractivity contribution is -0.117. The monoisotopic (exact) mass is 387 g/mol. The molecule has 140 valence electrons. The van der Waals surface area contributed by atoms with Crippen LogP contribution in [0, 0.1) is 25.2 Å². The fourth-order valence-electron chi connectivity index (χ4n) is 2.98. The van der Waals surface area contributed by atoms with Crippen LogP contribution in [-0.2, 0) is 4.79 Å². The molecule has 0 spiro atoms. The Hall–Kier alpha value is -3.10. The first kappa shape index (κ1) is 19.7. The molecule has 1 heterocycles. The zero-order valence-electron chi connectivity index (χ0n) is 15.9. The number of carbonyl (C=O) groups excluding carboxylic acids is 1. The fourth-order valence-corrected chi connectivity index (χ4v) is 4.01. The number of carbonyl (C=O) groups is 1. The smallest absolute Gasteiger partial charge is 0.232 e. The van der Waals surface area contributed by atoms with Gasteiger partial charge in [-0.05, 0) is 49.7 Å². The van der Waals surface area contributed by atoms with Crippen molar-refractivity contribution in [2.24, 2.45) is 0 Å². The summed E-state index contributed by atoms with van der Waals surface area (Å²) in [7, 11) is 0. The number of anilines is 2. The predicted octanol–water partition coefficient (Wildman–Crippen LogP) is 5.42. The molecule has 0 saturated carbocycles. The second-order valence-electron chi connectivity index (χ2n) is 6.37. The topological polar surface area (TPSA) is 57.0 Å². The van der Waals surface area contributed by atoms with Gasteiger partial charge in [-0.1, -0.05) is 36.4 Å². The van der Waals surface area contributed by atoms with E-state index in [1.165, 1.54) is 11.8 Å². The molecule has 0 aliphatic carbocycles. The van der Waals surface area contributed by atoms with Gasteiger partial charge in [-0.2, -0.15) is 5.26 Å². The molecule has 2 aromatic carbocycles. The Labute approximate surface area is 169 Å². The van der Waals surface area contributed by atoms with E-state index < -0.39 is 0 Å². The SMILES string of the molecule is Cc1cc(C)c(C#N)c(SCCC(=O)N(c2ccccc2)c2ccccc2)n1. The molecule has 0 atom stereocenters. The summed E-state index contributed by atoms with van der Waals surface area (Å²) < 4.78 is 0. The Bertz CT molecular complexity index is 958. The first-order valence-electron chi connectivity index (χ1n) is 9.04. The predicted molar refractivity (Wildman–Crippen MR) is 114 cm³/mol. The molecule has 0 saturated heterocycles. The molecule has 28 heavy (non-hydrogen) atoms. The Kier molecular flexibility index (Phi) is 6.46. The molecule has 5 heteroatoms. The standard InChI is InChI=1S/C23H21N3OS/c1-17-15-18(2)25-23(21(17)16-24)28-14-13-22(27)26(19-9-5-3-6-10-19)20-11-7-4-8-12-20/h3-12,15H,13-14H2,1-2H3. The number of hydrogen-bond donors (Lipinski definition) is 0. The molecule has 0 aliphatic rings. The number of aromatic nitrogens is 1. The van der Waals surface area contributed by atoms with Gasteiger partial charge in [-0.3, -0.25) is 9.69 Å². The molecule has 4 nitrogen and oxygen atoms in total. The van der Waals surface area contributed by atoms with Gasteiger partial charge in [0, 0.05) is 29.2 Å². The van der Waals surface area contributed by atoms with Gasteiger partial charge < -0.3 is 0 Å². The maximum atomic E-state index is 13.0. The molecule has 0 bridgehead atoms. The fraction of sp³-hybridized carbons (Fsp3) is 0.174. The highest BCUT2D eigenvalue weighted by Gasteiger charge is 2.18. The van der Waals surface area contributed by atoms with Crippen LogP contribution in [0.4, 0.5) is 11.4 Å². The number of benzene rings is 2. The van der Waals surface area contributed by atoms with E-state index in [1.807, 2.05) is 80.6 Å². The lowest BCUT2D eigenvalue weighted by Crippen LogP contribution is -2.26. The normalized spacial score (nSPS) is 10.3. The molecule has 3 rings (SSSR count). The first-order valence-corrected chi connectivity index (χ1v) is 10.0. The van der Waals surface area contributed by atoms with Crippen LogP contribution >= 0.6 is 11.8 Å². The maximum Gasteiger partial charge on any atom is 0.232 e. The number of pyridine rings is 1. The molecule has 0 N–H and O–H groups in total. The van der Waals surface area contributed by atoms with Crippen molar-refractivity contribution in [1.82, 2.24) is 4.98 Å². The van der Waals surface area contributed by atoms with Crippen LogP contribution in [0.15, 0.2) is 71.8 Å². The molecular formula is C23H21N3OS. The van der Waals surface area contributed by atoms with Gasteiger partial charge in [0.2, 0.25) is 5.91 Å². The Morgan fingerprint density at radius 1 is 1.04 bits per heavy atom. The first-order chi connectivity index (χ1) is 13.6. The number of para-hydroxylation sites is 2. The van der Waals surface area contributed by atoms with Gasteiger partial charge in [0.05, 0.1) is 5.56 Å². The number of thioether (sulfide) groups is 1. The second kappa shape index (κ2) is 9.20. The highest BCUT2D eigenvalue weighted by atomic mass is 32.2. The number of nitriles is 1. The summed E-state index contributed by atoms with van der Waals surface area (Å²) >= 11 is 1.45. The van der Waals surface area contributed by atoms with Gasteiger partial charge in [0.15, 0.2) is 0 Å². The minimum absolute atomic E-state index is 0.00721.